The molecule has 1 aromatic rings. The fourth-order valence-corrected chi connectivity index (χ4v) is 1.40. The summed E-state index contributed by atoms with van der Waals surface area (Å²) in [4.78, 5) is 5.10. The van der Waals surface area contributed by atoms with Gasteiger partial charge in [-0.2, -0.15) is 5.48 Å². The Kier molecular flexibility index (Phi) is 4.22. The van der Waals surface area contributed by atoms with Crippen LogP contribution in [-0.4, -0.2) is 6.61 Å². The summed E-state index contributed by atoms with van der Waals surface area (Å²) >= 11 is 6.00. The Bertz CT molecular complexity index is 265. The maximum atomic E-state index is 6.00. The van der Waals surface area contributed by atoms with Crippen LogP contribution in [0, 0.1) is 0 Å². The van der Waals surface area contributed by atoms with E-state index in [2.05, 4.69) is 5.48 Å². The number of rotatable bonds is 4. The van der Waals surface area contributed by atoms with Crippen molar-refractivity contribution in [2.75, 3.05) is 6.61 Å². The highest BCUT2D eigenvalue weighted by Crippen LogP contribution is 2.21. The molecule has 0 bridgehead atoms. The van der Waals surface area contributed by atoms with Gasteiger partial charge in [-0.3, -0.25) is 0 Å². The lowest BCUT2D eigenvalue weighted by Crippen LogP contribution is -2.19. The smallest absolute Gasteiger partial charge is 0.0654 e. The van der Waals surface area contributed by atoms with Crippen molar-refractivity contribution in [2.45, 2.75) is 19.9 Å². The Balaban J connectivity index is 2.65. The molecule has 1 atom stereocenters. The molecule has 0 radical (unpaired) electrons. The van der Waals surface area contributed by atoms with Gasteiger partial charge in [-0.15, -0.1) is 0 Å². The first-order chi connectivity index (χ1) is 6.25. The van der Waals surface area contributed by atoms with E-state index in [1.54, 1.807) is 0 Å². The molecule has 3 heteroatoms. The molecule has 0 saturated carbocycles. The molecule has 0 aromatic heterocycles. The van der Waals surface area contributed by atoms with E-state index in [0.717, 1.165) is 10.6 Å². The Hall–Kier alpha value is -0.570. The number of hydroxylamine groups is 1. The average molecular weight is 200 g/mol. The molecule has 1 unspecified atom stereocenters. The van der Waals surface area contributed by atoms with Crippen LogP contribution in [0.5, 0.6) is 0 Å². The average Bonchev–Trinajstić information content (AvgIpc) is 2.15. The molecule has 1 rings (SSSR count). The van der Waals surface area contributed by atoms with E-state index < -0.39 is 0 Å². The zero-order valence-electron chi connectivity index (χ0n) is 7.88. The van der Waals surface area contributed by atoms with Crippen LogP contribution in [-0.2, 0) is 4.84 Å². The van der Waals surface area contributed by atoms with E-state index in [0.29, 0.717) is 6.61 Å². The molecule has 0 saturated heterocycles. The Morgan fingerprint density at radius 3 is 2.77 bits per heavy atom. The van der Waals surface area contributed by atoms with E-state index in [1.165, 1.54) is 0 Å². The number of nitrogens with one attached hydrogen (secondary N) is 1. The largest absolute Gasteiger partial charge is 0.302 e. The summed E-state index contributed by atoms with van der Waals surface area (Å²) in [6.07, 6.45) is 0. The maximum Gasteiger partial charge on any atom is 0.0654 e. The van der Waals surface area contributed by atoms with Gasteiger partial charge in [0.05, 0.1) is 12.6 Å². The van der Waals surface area contributed by atoms with E-state index >= 15 is 0 Å². The summed E-state index contributed by atoms with van der Waals surface area (Å²) in [7, 11) is 0. The van der Waals surface area contributed by atoms with Crippen molar-refractivity contribution < 1.29 is 4.84 Å². The number of hydrogen-bond acceptors (Lipinski definition) is 2. The maximum absolute atomic E-state index is 6.00. The summed E-state index contributed by atoms with van der Waals surface area (Å²) in [5.41, 5.74) is 3.96. The quantitative estimate of drug-likeness (QED) is 0.753. The van der Waals surface area contributed by atoms with Gasteiger partial charge in [-0.05, 0) is 25.5 Å². The molecule has 1 N–H and O–H groups in total. The zero-order chi connectivity index (χ0) is 9.68. The van der Waals surface area contributed by atoms with E-state index in [1.807, 2.05) is 38.1 Å². The SMILES string of the molecule is CCONC(C)c1ccccc1Cl. The summed E-state index contributed by atoms with van der Waals surface area (Å²) in [6.45, 7) is 4.60. The molecular formula is C10H14ClNO. The second-order valence-electron chi connectivity index (χ2n) is 2.79. The molecule has 0 aliphatic heterocycles. The minimum absolute atomic E-state index is 0.119. The fraction of sp³-hybridized carbons (Fsp3) is 0.400. The Labute approximate surface area is 83.8 Å². The third kappa shape index (κ3) is 2.99. The van der Waals surface area contributed by atoms with E-state index in [4.69, 9.17) is 16.4 Å². The van der Waals surface area contributed by atoms with Gasteiger partial charge in [0.2, 0.25) is 0 Å². The third-order valence-electron chi connectivity index (χ3n) is 1.78. The highest BCUT2D eigenvalue weighted by molar-refractivity contribution is 6.31. The number of hydrogen-bond donors (Lipinski definition) is 1. The van der Waals surface area contributed by atoms with Gasteiger partial charge in [0.15, 0.2) is 0 Å². The predicted octanol–water partition coefficient (Wildman–Crippen LogP) is 2.94. The first-order valence-corrected chi connectivity index (χ1v) is 4.75. The van der Waals surface area contributed by atoms with Crippen molar-refractivity contribution in [1.82, 2.24) is 5.48 Å². The predicted molar refractivity (Wildman–Crippen MR) is 54.6 cm³/mol. The molecular weight excluding hydrogens is 186 g/mol. The summed E-state index contributed by atoms with van der Waals surface area (Å²) in [6, 6.07) is 7.86. The molecule has 13 heavy (non-hydrogen) atoms. The van der Waals surface area contributed by atoms with Crippen LogP contribution in [0.1, 0.15) is 25.5 Å². The van der Waals surface area contributed by atoms with Crippen molar-refractivity contribution in [1.29, 1.82) is 0 Å². The molecule has 0 heterocycles. The molecule has 0 aliphatic rings. The van der Waals surface area contributed by atoms with E-state index in [9.17, 15) is 0 Å². The first-order valence-electron chi connectivity index (χ1n) is 4.37. The normalized spacial score (nSPS) is 12.8. The second kappa shape index (κ2) is 5.22. The van der Waals surface area contributed by atoms with Crippen LogP contribution in [0.3, 0.4) is 0 Å². The minimum atomic E-state index is 0.119. The molecule has 0 fully saturated rings. The van der Waals surface area contributed by atoms with Crippen LogP contribution in [0.4, 0.5) is 0 Å². The molecule has 2 nitrogen and oxygen atoms in total. The molecule has 0 spiro atoms. The van der Waals surface area contributed by atoms with Crippen LogP contribution < -0.4 is 5.48 Å². The summed E-state index contributed by atoms with van der Waals surface area (Å²) in [5, 5.41) is 0.766. The summed E-state index contributed by atoms with van der Waals surface area (Å²) in [5.74, 6) is 0. The van der Waals surface area contributed by atoms with Crippen molar-refractivity contribution >= 4 is 11.6 Å². The van der Waals surface area contributed by atoms with Gasteiger partial charge < -0.3 is 4.84 Å². The van der Waals surface area contributed by atoms with Gasteiger partial charge in [0, 0.05) is 5.02 Å². The monoisotopic (exact) mass is 199 g/mol. The highest BCUT2D eigenvalue weighted by Gasteiger charge is 2.07. The van der Waals surface area contributed by atoms with E-state index in [-0.39, 0.29) is 6.04 Å². The number of halogens is 1. The van der Waals surface area contributed by atoms with Gasteiger partial charge in [0.1, 0.15) is 0 Å². The van der Waals surface area contributed by atoms with Gasteiger partial charge in [-0.1, -0.05) is 29.8 Å². The lowest BCUT2D eigenvalue weighted by atomic mass is 10.1. The lowest BCUT2D eigenvalue weighted by Gasteiger charge is -2.14. The second-order valence-corrected chi connectivity index (χ2v) is 3.20. The standard InChI is InChI=1S/C10H14ClNO/c1-3-13-12-8(2)9-6-4-5-7-10(9)11/h4-8,12H,3H2,1-2H3. The van der Waals surface area contributed by atoms with Crippen LogP contribution in [0.2, 0.25) is 5.02 Å². The first kappa shape index (κ1) is 10.5. The van der Waals surface area contributed by atoms with Gasteiger partial charge in [-0.25, -0.2) is 0 Å². The summed E-state index contributed by atoms with van der Waals surface area (Å²) < 4.78 is 0. The van der Waals surface area contributed by atoms with Crippen LogP contribution >= 0.6 is 11.6 Å². The van der Waals surface area contributed by atoms with Crippen molar-refractivity contribution in [3.63, 3.8) is 0 Å². The molecule has 1 aromatic carbocycles. The van der Waals surface area contributed by atoms with Crippen LogP contribution in [0.25, 0.3) is 0 Å². The van der Waals surface area contributed by atoms with Gasteiger partial charge >= 0.3 is 0 Å². The van der Waals surface area contributed by atoms with Crippen molar-refractivity contribution in [3.05, 3.63) is 34.9 Å². The minimum Gasteiger partial charge on any atom is -0.302 e. The zero-order valence-corrected chi connectivity index (χ0v) is 8.64. The molecule has 72 valence electrons. The third-order valence-corrected chi connectivity index (χ3v) is 2.12. The van der Waals surface area contributed by atoms with Crippen molar-refractivity contribution in [3.8, 4) is 0 Å². The van der Waals surface area contributed by atoms with Gasteiger partial charge in [0.25, 0.3) is 0 Å². The topological polar surface area (TPSA) is 21.3 Å². The number of benzene rings is 1. The van der Waals surface area contributed by atoms with Crippen LogP contribution in [0.15, 0.2) is 24.3 Å². The van der Waals surface area contributed by atoms with Crippen molar-refractivity contribution in [2.24, 2.45) is 0 Å². The lowest BCUT2D eigenvalue weighted by molar-refractivity contribution is 0.0285. The Morgan fingerprint density at radius 2 is 2.15 bits per heavy atom. The Morgan fingerprint density at radius 1 is 1.46 bits per heavy atom. The highest BCUT2D eigenvalue weighted by atomic mass is 35.5. The molecule has 0 amide bonds. The molecule has 0 aliphatic carbocycles. The fourth-order valence-electron chi connectivity index (χ4n) is 1.10.